The van der Waals surface area contributed by atoms with Crippen molar-refractivity contribution in [3.63, 3.8) is 0 Å². The quantitative estimate of drug-likeness (QED) is 0.177. The highest BCUT2D eigenvalue weighted by molar-refractivity contribution is 6.29. The standard InChI is InChI=1S/C47H26N2O/c1-2-10-28-23-30(18-17-27(28)9-1)46-36-21-22-43-45(35-13-5-8-16-42(35)50-43)44(36)34-20-19-29(26-39(34)48-46)31-24-37-32-11-3-6-14-40(32)49-41-15-7-4-12-33(41)38(25-31)47(37)49/h1-26H. The lowest BCUT2D eigenvalue weighted by atomic mass is 9.93. The van der Waals surface area contributed by atoms with Crippen LogP contribution in [0.15, 0.2) is 162 Å². The number of hydrogen-bond acceptors (Lipinski definition) is 2. The maximum Gasteiger partial charge on any atom is 0.136 e. The molecule has 0 saturated heterocycles. The van der Waals surface area contributed by atoms with Crippen molar-refractivity contribution >= 4 is 92.5 Å². The van der Waals surface area contributed by atoms with E-state index in [2.05, 4.69) is 156 Å². The van der Waals surface area contributed by atoms with Crippen LogP contribution >= 0.6 is 0 Å². The molecule has 0 aliphatic rings. The van der Waals surface area contributed by atoms with Crippen LogP contribution in [0.25, 0.3) is 115 Å². The Bertz CT molecular complexity index is 3300. The first-order valence-corrected chi connectivity index (χ1v) is 17.1. The molecule has 0 radical (unpaired) electrons. The summed E-state index contributed by atoms with van der Waals surface area (Å²) in [5.41, 5.74) is 11.0. The average molecular weight is 635 g/mol. The monoisotopic (exact) mass is 634 g/mol. The van der Waals surface area contributed by atoms with E-state index in [0.29, 0.717) is 0 Å². The Morgan fingerprint density at radius 3 is 1.86 bits per heavy atom. The van der Waals surface area contributed by atoms with Gasteiger partial charge in [0.15, 0.2) is 0 Å². The molecule has 0 unspecified atom stereocenters. The number of hydrogen-bond donors (Lipinski definition) is 0. The molecule has 4 heterocycles. The molecule has 0 bridgehead atoms. The van der Waals surface area contributed by atoms with Crippen LogP contribution in [0.4, 0.5) is 0 Å². The molecule has 0 fully saturated rings. The highest BCUT2D eigenvalue weighted by Crippen LogP contribution is 2.44. The fourth-order valence-corrected chi connectivity index (χ4v) is 8.66. The summed E-state index contributed by atoms with van der Waals surface area (Å²) in [6, 6.07) is 57.0. The predicted molar refractivity (Wildman–Crippen MR) is 210 cm³/mol. The molecule has 230 valence electrons. The summed E-state index contributed by atoms with van der Waals surface area (Å²) in [4.78, 5) is 5.49. The van der Waals surface area contributed by atoms with Crippen molar-refractivity contribution in [1.82, 2.24) is 9.38 Å². The van der Waals surface area contributed by atoms with Crippen LogP contribution < -0.4 is 0 Å². The molecule has 0 N–H and O–H groups in total. The van der Waals surface area contributed by atoms with E-state index >= 15 is 0 Å². The summed E-state index contributed by atoms with van der Waals surface area (Å²) in [7, 11) is 0. The molecule has 0 spiro atoms. The van der Waals surface area contributed by atoms with E-state index in [9.17, 15) is 0 Å². The molecule has 0 aliphatic heterocycles. The van der Waals surface area contributed by atoms with E-state index < -0.39 is 0 Å². The second-order valence-corrected chi connectivity index (χ2v) is 13.5. The minimum atomic E-state index is 0.892. The second-order valence-electron chi connectivity index (χ2n) is 13.5. The number of furan rings is 1. The van der Waals surface area contributed by atoms with Gasteiger partial charge in [-0.25, -0.2) is 4.98 Å². The van der Waals surface area contributed by atoms with Gasteiger partial charge in [0.1, 0.15) is 11.2 Å². The van der Waals surface area contributed by atoms with Gasteiger partial charge < -0.3 is 8.82 Å². The molecule has 0 aliphatic carbocycles. The number of fused-ring (bicyclic) bond motifs is 14. The second kappa shape index (κ2) is 9.46. The van der Waals surface area contributed by atoms with E-state index in [1.807, 2.05) is 6.07 Å². The van der Waals surface area contributed by atoms with Gasteiger partial charge in [-0.3, -0.25) is 0 Å². The van der Waals surface area contributed by atoms with Crippen molar-refractivity contribution in [2.24, 2.45) is 0 Å². The SMILES string of the molecule is c1ccc2cc(-c3nc4cc(-c5cc6c7ccccc7n7c8ccccc8c(c5)c67)ccc4c4c3ccc3oc5ccccc5c34)ccc2c1. The minimum Gasteiger partial charge on any atom is -0.456 e. The Hall–Kier alpha value is -6.71. The van der Waals surface area contributed by atoms with Gasteiger partial charge in [0.25, 0.3) is 0 Å². The van der Waals surface area contributed by atoms with Crippen molar-refractivity contribution in [3.05, 3.63) is 158 Å². The Morgan fingerprint density at radius 1 is 0.400 bits per heavy atom. The fourth-order valence-electron chi connectivity index (χ4n) is 8.66. The number of rotatable bonds is 2. The van der Waals surface area contributed by atoms with Crippen molar-refractivity contribution in [2.45, 2.75) is 0 Å². The van der Waals surface area contributed by atoms with E-state index in [1.54, 1.807) is 0 Å². The molecular formula is C47H26N2O. The first-order valence-electron chi connectivity index (χ1n) is 17.1. The largest absolute Gasteiger partial charge is 0.456 e. The lowest BCUT2D eigenvalue weighted by molar-refractivity contribution is 0.669. The zero-order valence-electron chi connectivity index (χ0n) is 26.8. The zero-order chi connectivity index (χ0) is 32.5. The molecule has 12 rings (SSSR count). The molecule has 0 amide bonds. The third kappa shape index (κ3) is 3.41. The normalized spacial score (nSPS) is 12.4. The minimum absolute atomic E-state index is 0.892. The third-order valence-electron chi connectivity index (χ3n) is 10.9. The third-order valence-corrected chi connectivity index (χ3v) is 10.9. The van der Waals surface area contributed by atoms with Crippen molar-refractivity contribution in [1.29, 1.82) is 0 Å². The van der Waals surface area contributed by atoms with Crippen molar-refractivity contribution < 1.29 is 4.42 Å². The number of benzene rings is 8. The molecule has 3 nitrogen and oxygen atoms in total. The van der Waals surface area contributed by atoms with E-state index in [1.165, 1.54) is 59.8 Å². The topological polar surface area (TPSA) is 30.4 Å². The van der Waals surface area contributed by atoms with E-state index in [4.69, 9.17) is 9.40 Å². The van der Waals surface area contributed by atoms with Gasteiger partial charge in [0, 0.05) is 54.0 Å². The van der Waals surface area contributed by atoms with Gasteiger partial charge in [0.2, 0.25) is 0 Å². The fraction of sp³-hybridized carbons (Fsp3) is 0. The van der Waals surface area contributed by atoms with Gasteiger partial charge >= 0.3 is 0 Å². The van der Waals surface area contributed by atoms with Crippen LogP contribution in [-0.4, -0.2) is 9.38 Å². The summed E-state index contributed by atoms with van der Waals surface area (Å²) in [6.07, 6.45) is 0. The number of pyridine rings is 1. The lowest BCUT2D eigenvalue weighted by Crippen LogP contribution is -1.92. The molecule has 0 atom stereocenters. The van der Waals surface area contributed by atoms with Crippen LogP contribution in [0, 0.1) is 0 Å². The summed E-state index contributed by atoms with van der Waals surface area (Å²) in [6.45, 7) is 0. The predicted octanol–water partition coefficient (Wildman–Crippen LogP) is 12.9. The molecule has 3 heteroatoms. The van der Waals surface area contributed by atoms with Crippen LogP contribution in [-0.2, 0) is 0 Å². The van der Waals surface area contributed by atoms with Crippen molar-refractivity contribution in [3.8, 4) is 22.4 Å². The highest BCUT2D eigenvalue weighted by atomic mass is 16.3. The summed E-state index contributed by atoms with van der Waals surface area (Å²) in [5.74, 6) is 0. The number of nitrogens with zero attached hydrogens (tertiary/aromatic N) is 2. The van der Waals surface area contributed by atoms with Gasteiger partial charge in [-0.05, 0) is 76.5 Å². The number of aromatic nitrogens is 2. The van der Waals surface area contributed by atoms with Crippen LogP contribution in [0.1, 0.15) is 0 Å². The summed E-state index contributed by atoms with van der Waals surface area (Å²) < 4.78 is 8.84. The lowest BCUT2D eigenvalue weighted by Gasteiger charge is -2.13. The molecular weight excluding hydrogens is 609 g/mol. The molecule has 50 heavy (non-hydrogen) atoms. The Labute approximate surface area is 285 Å². The Balaban J connectivity index is 1.19. The smallest absolute Gasteiger partial charge is 0.136 e. The van der Waals surface area contributed by atoms with Gasteiger partial charge in [-0.2, -0.15) is 0 Å². The van der Waals surface area contributed by atoms with Crippen LogP contribution in [0.2, 0.25) is 0 Å². The van der Waals surface area contributed by atoms with E-state index in [-0.39, 0.29) is 0 Å². The van der Waals surface area contributed by atoms with Crippen molar-refractivity contribution in [2.75, 3.05) is 0 Å². The number of para-hydroxylation sites is 3. The zero-order valence-corrected chi connectivity index (χ0v) is 26.8. The van der Waals surface area contributed by atoms with E-state index in [0.717, 1.165) is 55.0 Å². The first kappa shape index (κ1) is 26.3. The summed E-state index contributed by atoms with van der Waals surface area (Å²) in [5, 5.41) is 13.2. The Morgan fingerprint density at radius 2 is 1.06 bits per heavy atom. The van der Waals surface area contributed by atoms with Gasteiger partial charge in [-0.1, -0.05) is 103 Å². The molecule has 8 aromatic carbocycles. The first-order chi connectivity index (χ1) is 24.8. The molecule has 0 saturated carbocycles. The Kier molecular flexibility index (Phi) is 4.97. The van der Waals surface area contributed by atoms with Gasteiger partial charge in [-0.15, -0.1) is 0 Å². The molecule has 12 aromatic rings. The highest BCUT2D eigenvalue weighted by Gasteiger charge is 2.21. The average Bonchev–Trinajstić information content (AvgIpc) is 3.84. The maximum absolute atomic E-state index is 6.41. The molecule has 4 aromatic heterocycles. The summed E-state index contributed by atoms with van der Waals surface area (Å²) >= 11 is 0. The van der Waals surface area contributed by atoms with Crippen LogP contribution in [0.5, 0.6) is 0 Å². The maximum atomic E-state index is 6.41. The van der Waals surface area contributed by atoms with Gasteiger partial charge in [0.05, 0.1) is 27.8 Å². The van der Waals surface area contributed by atoms with Crippen LogP contribution in [0.3, 0.4) is 0 Å².